The minimum absolute atomic E-state index is 0.0332. The summed E-state index contributed by atoms with van der Waals surface area (Å²) >= 11 is 0. The van der Waals surface area contributed by atoms with Gasteiger partial charge in [0.05, 0.1) is 6.61 Å². The lowest BCUT2D eigenvalue weighted by atomic mass is 9.87. The number of aromatic nitrogens is 2. The van der Waals surface area contributed by atoms with Gasteiger partial charge in [0.2, 0.25) is 5.91 Å². The van der Waals surface area contributed by atoms with Crippen molar-refractivity contribution in [2.75, 3.05) is 13.2 Å². The highest BCUT2D eigenvalue weighted by molar-refractivity contribution is 5.88. The average Bonchev–Trinajstić information content (AvgIpc) is 3.28. The van der Waals surface area contributed by atoms with Gasteiger partial charge in [-0.1, -0.05) is 43.3 Å². The first-order valence-electron chi connectivity index (χ1n) is 11.7. The number of amides is 1. The van der Waals surface area contributed by atoms with Crippen molar-refractivity contribution in [1.82, 2.24) is 15.3 Å². The summed E-state index contributed by atoms with van der Waals surface area (Å²) in [5.74, 6) is 0.814. The van der Waals surface area contributed by atoms with E-state index in [1.165, 1.54) is 10.9 Å². The number of carbonyl (C=O) groups excluding carboxylic acids is 1. The predicted octanol–water partition coefficient (Wildman–Crippen LogP) is 5.40. The van der Waals surface area contributed by atoms with Crippen molar-refractivity contribution in [2.45, 2.75) is 39.0 Å². The molecule has 1 amide bonds. The quantitative estimate of drug-likeness (QED) is 0.346. The SMILES string of the molecule is CCOc1ccc([C@@H](CC(=O)NCCc2ccccn2)c2c[nH]c3c(CC)cccc23)cc1. The Balaban J connectivity index is 1.57. The van der Waals surface area contributed by atoms with Crippen LogP contribution in [0.15, 0.2) is 73.1 Å². The number of hydrogen-bond acceptors (Lipinski definition) is 3. The van der Waals surface area contributed by atoms with E-state index in [1.54, 1.807) is 6.20 Å². The maximum absolute atomic E-state index is 13.0. The fourth-order valence-electron chi connectivity index (χ4n) is 4.33. The van der Waals surface area contributed by atoms with E-state index >= 15 is 0 Å². The van der Waals surface area contributed by atoms with Crippen molar-refractivity contribution in [3.63, 3.8) is 0 Å². The summed E-state index contributed by atoms with van der Waals surface area (Å²) in [6.45, 7) is 5.33. The van der Waals surface area contributed by atoms with Gasteiger partial charge in [0.25, 0.3) is 0 Å². The maximum Gasteiger partial charge on any atom is 0.220 e. The highest BCUT2D eigenvalue weighted by Crippen LogP contribution is 2.35. The fraction of sp³-hybridized carbons (Fsp3) is 0.286. The lowest BCUT2D eigenvalue weighted by molar-refractivity contribution is -0.121. The van der Waals surface area contributed by atoms with Crippen molar-refractivity contribution >= 4 is 16.8 Å². The Morgan fingerprint density at radius 2 is 1.91 bits per heavy atom. The molecule has 5 nitrogen and oxygen atoms in total. The molecule has 0 saturated heterocycles. The van der Waals surface area contributed by atoms with E-state index in [4.69, 9.17) is 4.74 Å². The topological polar surface area (TPSA) is 67.0 Å². The Labute approximate surface area is 195 Å². The van der Waals surface area contributed by atoms with Crippen LogP contribution in [0.3, 0.4) is 0 Å². The van der Waals surface area contributed by atoms with Gasteiger partial charge >= 0.3 is 0 Å². The molecule has 0 bridgehead atoms. The molecule has 2 heterocycles. The third-order valence-electron chi connectivity index (χ3n) is 6.00. The monoisotopic (exact) mass is 441 g/mol. The van der Waals surface area contributed by atoms with Gasteiger partial charge in [-0.05, 0) is 54.3 Å². The number of nitrogens with zero attached hydrogens (tertiary/aromatic N) is 1. The van der Waals surface area contributed by atoms with Crippen LogP contribution in [0.1, 0.15) is 48.6 Å². The van der Waals surface area contributed by atoms with Crippen molar-refractivity contribution in [2.24, 2.45) is 0 Å². The largest absolute Gasteiger partial charge is 0.494 e. The number of hydrogen-bond donors (Lipinski definition) is 2. The van der Waals surface area contributed by atoms with Crippen LogP contribution in [0.5, 0.6) is 5.75 Å². The summed E-state index contributed by atoms with van der Waals surface area (Å²) in [7, 11) is 0. The lowest BCUT2D eigenvalue weighted by Gasteiger charge is -2.18. The minimum atomic E-state index is -0.0589. The standard InChI is InChI=1S/C28H31N3O2/c1-3-20-8-7-10-24-26(19-31-28(20)24)25(21-11-13-23(14-12-21)33-4-2)18-27(32)30-17-15-22-9-5-6-16-29-22/h5-14,16,19,25,31H,3-4,15,17-18H2,1-2H3,(H,30,32)/t25-/m1/s1. The molecule has 0 aliphatic carbocycles. The predicted molar refractivity (Wildman–Crippen MR) is 133 cm³/mol. The normalized spacial score (nSPS) is 11.9. The van der Waals surface area contributed by atoms with E-state index < -0.39 is 0 Å². The second-order valence-electron chi connectivity index (χ2n) is 8.12. The summed E-state index contributed by atoms with van der Waals surface area (Å²) in [5, 5.41) is 4.26. The number of nitrogens with one attached hydrogen (secondary N) is 2. The zero-order valence-corrected chi connectivity index (χ0v) is 19.3. The third kappa shape index (κ3) is 5.43. The Morgan fingerprint density at radius 1 is 1.06 bits per heavy atom. The van der Waals surface area contributed by atoms with Crippen LogP contribution in [-0.4, -0.2) is 29.0 Å². The van der Waals surface area contributed by atoms with Gasteiger partial charge in [0, 0.05) is 54.3 Å². The van der Waals surface area contributed by atoms with Gasteiger partial charge in [-0.15, -0.1) is 0 Å². The fourth-order valence-corrected chi connectivity index (χ4v) is 4.33. The molecule has 2 aromatic carbocycles. The van der Waals surface area contributed by atoms with Crippen LogP contribution in [-0.2, 0) is 17.6 Å². The van der Waals surface area contributed by atoms with Gasteiger partial charge in [0.15, 0.2) is 0 Å². The maximum atomic E-state index is 13.0. The molecule has 0 unspecified atom stereocenters. The first kappa shape index (κ1) is 22.6. The van der Waals surface area contributed by atoms with Crippen molar-refractivity contribution in [3.05, 3.63) is 95.4 Å². The number of fused-ring (bicyclic) bond motifs is 1. The molecule has 0 radical (unpaired) electrons. The Morgan fingerprint density at radius 3 is 2.64 bits per heavy atom. The van der Waals surface area contributed by atoms with Gasteiger partial charge in [-0.25, -0.2) is 0 Å². The van der Waals surface area contributed by atoms with E-state index in [0.29, 0.717) is 26.0 Å². The van der Waals surface area contributed by atoms with Crippen LogP contribution < -0.4 is 10.1 Å². The minimum Gasteiger partial charge on any atom is -0.494 e. The zero-order chi connectivity index (χ0) is 23.0. The van der Waals surface area contributed by atoms with E-state index in [-0.39, 0.29) is 11.8 Å². The first-order valence-corrected chi connectivity index (χ1v) is 11.7. The number of carbonyl (C=O) groups is 1. The molecule has 0 spiro atoms. The summed E-state index contributed by atoms with van der Waals surface area (Å²) in [4.78, 5) is 20.8. The highest BCUT2D eigenvalue weighted by Gasteiger charge is 2.22. The number of aromatic amines is 1. The Kier molecular flexibility index (Phi) is 7.40. The van der Waals surface area contributed by atoms with E-state index in [9.17, 15) is 4.79 Å². The van der Waals surface area contributed by atoms with Crippen molar-refractivity contribution < 1.29 is 9.53 Å². The molecule has 0 aliphatic heterocycles. The van der Waals surface area contributed by atoms with Crippen LogP contribution in [0, 0.1) is 0 Å². The second-order valence-corrected chi connectivity index (χ2v) is 8.12. The molecule has 2 N–H and O–H groups in total. The molecule has 4 aromatic rings. The van der Waals surface area contributed by atoms with Crippen molar-refractivity contribution in [1.29, 1.82) is 0 Å². The number of benzene rings is 2. The van der Waals surface area contributed by atoms with Crippen LogP contribution in [0.2, 0.25) is 0 Å². The molecule has 1 atom stereocenters. The third-order valence-corrected chi connectivity index (χ3v) is 6.00. The molecule has 4 rings (SSSR count). The summed E-state index contributed by atoms with van der Waals surface area (Å²) in [6, 6.07) is 20.3. The lowest BCUT2D eigenvalue weighted by Crippen LogP contribution is -2.27. The average molecular weight is 442 g/mol. The molecular weight excluding hydrogens is 410 g/mol. The van der Waals surface area contributed by atoms with Crippen molar-refractivity contribution in [3.8, 4) is 5.75 Å². The molecule has 2 aromatic heterocycles. The molecule has 33 heavy (non-hydrogen) atoms. The van der Waals surface area contributed by atoms with Gasteiger partial charge in [-0.2, -0.15) is 0 Å². The summed E-state index contributed by atoms with van der Waals surface area (Å²) in [6.07, 6.45) is 5.89. The highest BCUT2D eigenvalue weighted by atomic mass is 16.5. The Bertz CT molecular complexity index is 1180. The summed E-state index contributed by atoms with van der Waals surface area (Å²) in [5.41, 5.74) is 5.65. The number of H-pyrrole nitrogens is 1. The first-order chi connectivity index (χ1) is 16.2. The van der Waals surface area contributed by atoms with Crippen LogP contribution >= 0.6 is 0 Å². The second kappa shape index (κ2) is 10.8. The number of pyridine rings is 1. The molecule has 0 saturated carbocycles. The van der Waals surface area contributed by atoms with Gasteiger partial charge < -0.3 is 15.0 Å². The number of para-hydroxylation sites is 1. The molecule has 0 fully saturated rings. The Hall–Kier alpha value is -3.60. The molecular formula is C28H31N3O2. The number of aryl methyl sites for hydroxylation is 1. The summed E-state index contributed by atoms with van der Waals surface area (Å²) < 4.78 is 5.62. The van der Waals surface area contributed by atoms with Gasteiger partial charge in [0.1, 0.15) is 5.75 Å². The number of rotatable bonds is 10. The molecule has 170 valence electrons. The molecule has 0 aliphatic rings. The zero-order valence-electron chi connectivity index (χ0n) is 19.3. The van der Waals surface area contributed by atoms with E-state index in [2.05, 4.69) is 58.7 Å². The van der Waals surface area contributed by atoms with Crippen LogP contribution in [0.25, 0.3) is 10.9 Å². The van der Waals surface area contributed by atoms with Gasteiger partial charge in [-0.3, -0.25) is 9.78 Å². The van der Waals surface area contributed by atoms with Crippen LogP contribution in [0.4, 0.5) is 0 Å². The number of ether oxygens (including phenoxy) is 1. The molecule has 5 heteroatoms. The smallest absolute Gasteiger partial charge is 0.220 e. The van der Waals surface area contributed by atoms with E-state index in [1.807, 2.05) is 37.3 Å². The van der Waals surface area contributed by atoms with E-state index in [0.717, 1.165) is 34.5 Å².